The summed E-state index contributed by atoms with van der Waals surface area (Å²) in [4.78, 5) is 28.2. The van der Waals surface area contributed by atoms with Gasteiger partial charge in [0.25, 0.3) is 11.5 Å². The minimum Gasteiger partial charge on any atom is -0.369 e. The van der Waals surface area contributed by atoms with Crippen LogP contribution in [-0.2, 0) is 7.05 Å². The predicted octanol–water partition coefficient (Wildman–Crippen LogP) is 1.08. The van der Waals surface area contributed by atoms with Crippen LogP contribution in [0.4, 0.5) is 10.1 Å². The van der Waals surface area contributed by atoms with Crippen LogP contribution in [0.15, 0.2) is 47.4 Å². The molecule has 2 aromatic rings. The van der Waals surface area contributed by atoms with E-state index in [1.807, 2.05) is 0 Å². The molecular formula is C19H23FN4O2. The van der Waals surface area contributed by atoms with Gasteiger partial charge in [-0.25, -0.2) is 4.39 Å². The maximum Gasteiger partial charge on any atom is 0.251 e. The maximum absolute atomic E-state index is 13.0. The molecule has 1 fully saturated rings. The van der Waals surface area contributed by atoms with Crippen LogP contribution < -0.4 is 15.8 Å². The fourth-order valence-electron chi connectivity index (χ4n) is 3.00. The molecule has 0 saturated carbocycles. The Morgan fingerprint density at radius 2 is 1.81 bits per heavy atom. The molecule has 3 rings (SSSR count). The highest BCUT2D eigenvalue weighted by Gasteiger charge is 2.17. The first-order valence-electron chi connectivity index (χ1n) is 8.71. The van der Waals surface area contributed by atoms with Gasteiger partial charge in [-0.15, -0.1) is 0 Å². The van der Waals surface area contributed by atoms with Gasteiger partial charge in [0.05, 0.1) is 0 Å². The van der Waals surface area contributed by atoms with E-state index in [9.17, 15) is 14.0 Å². The summed E-state index contributed by atoms with van der Waals surface area (Å²) in [6.07, 6.45) is 1.59. The Kier molecular flexibility index (Phi) is 5.68. The molecule has 2 heterocycles. The number of anilines is 1. The summed E-state index contributed by atoms with van der Waals surface area (Å²) in [7, 11) is 1.65. The summed E-state index contributed by atoms with van der Waals surface area (Å²) < 4.78 is 14.4. The van der Waals surface area contributed by atoms with Crippen molar-refractivity contribution in [3.05, 3.63) is 64.3 Å². The number of pyridine rings is 1. The molecule has 7 heteroatoms. The Hall–Kier alpha value is -2.67. The molecule has 0 unspecified atom stereocenters. The second-order valence-electron chi connectivity index (χ2n) is 6.43. The van der Waals surface area contributed by atoms with E-state index in [1.165, 1.54) is 22.8 Å². The van der Waals surface area contributed by atoms with Crippen LogP contribution in [0.2, 0.25) is 0 Å². The van der Waals surface area contributed by atoms with Crippen molar-refractivity contribution >= 4 is 11.6 Å². The monoisotopic (exact) mass is 358 g/mol. The molecule has 1 aliphatic rings. The lowest BCUT2D eigenvalue weighted by Gasteiger charge is -2.36. The van der Waals surface area contributed by atoms with Crippen molar-refractivity contribution in [1.82, 2.24) is 14.8 Å². The Morgan fingerprint density at radius 3 is 2.46 bits per heavy atom. The number of hydrogen-bond donors (Lipinski definition) is 1. The molecular weight excluding hydrogens is 335 g/mol. The van der Waals surface area contributed by atoms with Gasteiger partial charge in [-0.1, -0.05) is 0 Å². The van der Waals surface area contributed by atoms with Gasteiger partial charge in [0.15, 0.2) is 0 Å². The van der Waals surface area contributed by atoms with Gasteiger partial charge in [-0.3, -0.25) is 14.5 Å². The topological polar surface area (TPSA) is 57.6 Å². The zero-order valence-electron chi connectivity index (χ0n) is 14.8. The normalized spacial score (nSPS) is 15.1. The number of hydrogen-bond acceptors (Lipinski definition) is 4. The van der Waals surface area contributed by atoms with Crippen LogP contribution in [0.25, 0.3) is 0 Å². The summed E-state index contributed by atoms with van der Waals surface area (Å²) in [6, 6.07) is 9.54. The number of rotatable bonds is 5. The Balaban J connectivity index is 1.42. The summed E-state index contributed by atoms with van der Waals surface area (Å²) in [5, 5.41) is 2.86. The summed E-state index contributed by atoms with van der Waals surface area (Å²) in [5.41, 5.74) is 1.22. The third kappa shape index (κ3) is 4.49. The smallest absolute Gasteiger partial charge is 0.251 e. The minimum atomic E-state index is -0.229. The van der Waals surface area contributed by atoms with E-state index in [0.29, 0.717) is 12.1 Å². The average Bonchev–Trinajstić information content (AvgIpc) is 2.65. The average molecular weight is 358 g/mol. The molecule has 1 N–H and O–H groups in total. The van der Waals surface area contributed by atoms with Gasteiger partial charge < -0.3 is 14.8 Å². The number of aryl methyl sites for hydroxylation is 1. The third-order valence-electron chi connectivity index (χ3n) is 4.64. The Morgan fingerprint density at radius 1 is 1.12 bits per heavy atom. The molecule has 1 saturated heterocycles. The molecule has 0 atom stereocenters. The van der Waals surface area contributed by atoms with Crippen LogP contribution in [0.1, 0.15) is 10.4 Å². The fourth-order valence-corrected chi connectivity index (χ4v) is 3.00. The summed E-state index contributed by atoms with van der Waals surface area (Å²) >= 11 is 0. The van der Waals surface area contributed by atoms with Crippen LogP contribution in [0, 0.1) is 5.82 Å². The summed E-state index contributed by atoms with van der Waals surface area (Å²) in [6.45, 7) is 4.80. The zero-order chi connectivity index (χ0) is 18.5. The number of halogens is 1. The maximum atomic E-state index is 13.0. The molecule has 1 aromatic heterocycles. The van der Waals surface area contributed by atoms with E-state index in [1.54, 1.807) is 31.4 Å². The van der Waals surface area contributed by atoms with Gasteiger partial charge in [0.2, 0.25) is 0 Å². The van der Waals surface area contributed by atoms with Crippen LogP contribution in [0.5, 0.6) is 0 Å². The van der Waals surface area contributed by atoms with E-state index < -0.39 is 0 Å². The van der Waals surface area contributed by atoms with Crippen molar-refractivity contribution in [2.45, 2.75) is 0 Å². The number of benzene rings is 1. The van der Waals surface area contributed by atoms with Crippen molar-refractivity contribution in [3.8, 4) is 0 Å². The van der Waals surface area contributed by atoms with Gasteiger partial charge in [-0.2, -0.15) is 0 Å². The molecule has 138 valence electrons. The van der Waals surface area contributed by atoms with E-state index in [-0.39, 0.29) is 17.3 Å². The van der Waals surface area contributed by atoms with Crippen LogP contribution in [0.3, 0.4) is 0 Å². The molecule has 0 spiro atoms. The highest BCUT2D eigenvalue weighted by molar-refractivity contribution is 5.93. The van der Waals surface area contributed by atoms with E-state index >= 15 is 0 Å². The Bertz CT molecular complexity index is 811. The second kappa shape index (κ2) is 8.14. The minimum absolute atomic E-state index is 0.199. The number of carbonyl (C=O) groups excluding carboxylic acids is 1. The first kappa shape index (κ1) is 18.1. The quantitative estimate of drug-likeness (QED) is 0.869. The van der Waals surface area contributed by atoms with Gasteiger partial charge in [0.1, 0.15) is 5.82 Å². The van der Waals surface area contributed by atoms with Crippen molar-refractivity contribution in [2.75, 3.05) is 44.2 Å². The van der Waals surface area contributed by atoms with Crippen molar-refractivity contribution in [2.24, 2.45) is 7.05 Å². The zero-order valence-corrected chi connectivity index (χ0v) is 14.8. The molecule has 1 aromatic carbocycles. The molecule has 0 aliphatic carbocycles. The molecule has 1 aliphatic heterocycles. The van der Waals surface area contributed by atoms with E-state index in [4.69, 9.17) is 0 Å². The Labute approximate surface area is 151 Å². The van der Waals surface area contributed by atoms with Crippen molar-refractivity contribution < 1.29 is 9.18 Å². The second-order valence-corrected chi connectivity index (χ2v) is 6.43. The molecule has 0 bridgehead atoms. The molecule has 6 nitrogen and oxygen atoms in total. The lowest BCUT2D eigenvalue weighted by Crippen LogP contribution is -2.48. The highest BCUT2D eigenvalue weighted by atomic mass is 19.1. The van der Waals surface area contributed by atoms with Crippen LogP contribution in [-0.4, -0.2) is 54.6 Å². The van der Waals surface area contributed by atoms with E-state index in [0.717, 1.165) is 38.4 Å². The number of nitrogens with one attached hydrogen (secondary N) is 1. The number of amides is 1. The lowest BCUT2D eigenvalue weighted by molar-refractivity contribution is 0.0947. The van der Waals surface area contributed by atoms with Crippen LogP contribution >= 0.6 is 0 Å². The first-order chi connectivity index (χ1) is 12.5. The number of nitrogens with zero attached hydrogens (tertiary/aromatic N) is 3. The molecule has 0 radical (unpaired) electrons. The molecule has 1 amide bonds. The summed E-state index contributed by atoms with van der Waals surface area (Å²) in [5.74, 6) is -0.452. The SMILES string of the molecule is Cn1ccc(C(=O)NCCN2CCN(c3ccc(F)cc3)CC2)cc1=O. The number of carbonyl (C=O) groups is 1. The van der Waals surface area contributed by atoms with E-state index in [2.05, 4.69) is 15.1 Å². The number of piperazine rings is 1. The lowest BCUT2D eigenvalue weighted by atomic mass is 10.2. The van der Waals surface area contributed by atoms with Crippen molar-refractivity contribution in [3.63, 3.8) is 0 Å². The van der Waals surface area contributed by atoms with Gasteiger partial charge in [-0.05, 0) is 30.3 Å². The number of aromatic nitrogens is 1. The van der Waals surface area contributed by atoms with Gasteiger partial charge >= 0.3 is 0 Å². The van der Waals surface area contributed by atoms with Crippen molar-refractivity contribution in [1.29, 1.82) is 0 Å². The standard InChI is InChI=1S/C19H23FN4O2/c1-22-8-6-15(14-18(22)25)19(26)21-7-9-23-10-12-24(13-11-23)17-4-2-16(20)3-5-17/h2-6,8,14H,7,9-13H2,1H3,(H,21,26). The molecule has 26 heavy (non-hydrogen) atoms. The largest absolute Gasteiger partial charge is 0.369 e. The highest BCUT2D eigenvalue weighted by Crippen LogP contribution is 2.16. The first-order valence-corrected chi connectivity index (χ1v) is 8.71. The predicted molar refractivity (Wildman–Crippen MR) is 99.1 cm³/mol. The van der Waals surface area contributed by atoms with Gasteiger partial charge in [0, 0.05) is 69.8 Å². The third-order valence-corrected chi connectivity index (χ3v) is 4.64. The fraction of sp³-hybridized carbons (Fsp3) is 0.368.